The third-order valence-corrected chi connectivity index (χ3v) is 4.34. The molecule has 1 aromatic carbocycles. The van der Waals surface area contributed by atoms with Crippen molar-refractivity contribution >= 4 is 18.3 Å². The van der Waals surface area contributed by atoms with E-state index in [1.165, 1.54) is 5.56 Å². The van der Waals surface area contributed by atoms with Gasteiger partial charge in [-0.3, -0.25) is 4.79 Å². The summed E-state index contributed by atoms with van der Waals surface area (Å²) >= 11 is 0. The van der Waals surface area contributed by atoms with E-state index in [0.29, 0.717) is 6.54 Å². The van der Waals surface area contributed by atoms with Crippen LogP contribution in [0.5, 0.6) is 0 Å². The summed E-state index contributed by atoms with van der Waals surface area (Å²) in [5, 5.41) is 3.15. The molecule has 0 aliphatic heterocycles. The molecule has 4 heteroatoms. The lowest BCUT2D eigenvalue weighted by Crippen LogP contribution is -2.51. The number of benzene rings is 1. The highest BCUT2D eigenvalue weighted by molar-refractivity contribution is 5.94. The van der Waals surface area contributed by atoms with E-state index in [2.05, 4.69) is 26.1 Å². The largest absolute Gasteiger partial charge is 0.345 e. The van der Waals surface area contributed by atoms with Gasteiger partial charge in [0.05, 0.1) is 5.54 Å². The molecule has 0 spiro atoms. The topological polar surface area (TPSA) is 55.1 Å². The summed E-state index contributed by atoms with van der Waals surface area (Å²) in [5.41, 5.74) is 7.75. The van der Waals surface area contributed by atoms with Gasteiger partial charge in [-0.2, -0.15) is 0 Å². The van der Waals surface area contributed by atoms with Crippen LogP contribution in [0.4, 0.5) is 0 Å². The van der Waals surface area contributed by atoms with E-state index in [4.69, 9.17) is 5.73 Å². The summed E-state index contributed by atoms with van der Waals surface area (Å²) in [6.07, 6.45) is 4.30. The Kier molecular flexibility index (Phi) is 5.83. The summed E-state index contributed by atoms with van der Waals surface area (Å²) in [5.74, 6) is -0.00203. The Bertz CT molecular complexity index is 471. The zero-order chi connectivity index (χ0) is 14.8. The van der Waals surface area contributed by atoms with Crippen LogP contribution in [-0.2, 0) is 5.41 Å². The first-order chi connectivity index (χ1) is 9.36. The Morgan fingerprint density at radius 2 is 1.71 bits per heavy atom. The van der Waals surface area contributed by atoms with Crippen LogP contribution in [0.25, 0.3) is 0 Å². The lowest BCUT2D eigenvalue weighted by Gasteiger charge is -2.29. The van der Waals surface area contributed by atoms with Gasteiger partial charge in [-0.1, -0.05) is 45.7 Å². The normalized spacial score (nSPS) is 17.1. The average molecular weight is 311 g/mol. The van der Waals surface area contributed by atoms with Gasteiger partial charge in [-0.05, 0) is 36.0 Å². The minimum atomic E-state index is -0.181. The number of halogens is 1. The number of nitrogens with two attached hydrogens (primary N) is 1. The second kappa shape index (κ2) is 6.80. The summed E-state index contributed by atoms with van der Waals surface area (Å²) in [4.78, 5) is 12.4. The minimum Gasteiger partial charge on any atom is -0.345 e. The fourth-order valence-electron chi connectivity index (χ4n) is 2.87. The highest BCUT2D eigenvalue weighted by Crippen LogP contribution is 2.29. The minimum absolute atomic E-state index is 0. The number of hydrogen-bond donors (Lipinski definition) is 2. The molecule has 1 fully saturated rings. The van der Waals surface area contributed by atoms with Crippen LogP contribution in [0.1, 0.15) is 62.4 Å². The molecule has 1 aromatic rings. The maximum Gasteiger partial charge on any atom is 0.251 e. The molecule has 0 aromatic heterocycles. The van der Waals surface area contributed by atoms with Crippen molar-refractivity contribution in [1.29, 1.82) is 0 Å². The van der Waals surface area contributed by atoms with Crippen molar-refractivity contribution in [3.8, 4) is 0 Å². The molecule has 1 aliphatic rings. The molecule has 3 N–H and O–H groups in total. The highest BCUT2D eigenvalue weighted by Gasteiger charge is 2.34. The summed E-state index contributed by atoms with van der Waals surface area (Å²) < 4.78 is 0. The Labute approximate surface area is 134 Å². The lowest BCUT2D eigenvalue weighted by molar-refractivity contribution is 0.0903. The van der Waals surface area contributed by atoms with Gasteiger partial charge in [0.2, 0.25) is 0 Å². The Morgan fingerprint density at radius 1 is 1.19 bits per heavy atom. The third kappa shape index (κ3) is 4.21. The molecule has 21 heavy (non-hydrogen) atoms. The zero-order valence-corrected chi connectivity index (χ0v) is 14.1. The van der Waals surface area contributed by atoms with Crippen LogP contribution in [-0.4, -0.2) is 18.0 Å². The molecular formula is C17H27ClN2O. The van der Waals surface area contributed by atoms with E-state index < -0.39 is 0 Å². The molecule has 0 saturated heterocycles. The Morgan fingerprint density at radius 3 is 2.14 bits per heavy atom. The highest BCUT2D eigenvalue weighted by atomic mass is 35.5. The molecule has 1 aliphatic carbocycles. The molecule has 118 valence electrons. The quantitative estimate of drug-likeness (QED) is 0.899. The number of carbonyl (C=O) groups is 1. The molecule has 0 unspecified atom stereocenters. The molecule has 1 amide bonds. The van der Waals surface area contributed by atoms with E-state index in [1.54, 1.807) is 0 Å². The fraction of sp³-hybridized carbons (Fsp3) is 0.588. The van der Waals surface area contributed by atoms with Gasteiger partial charge in [-0.25, -0.2) is 0 Å². The van der Waals surface area contributed by atoms with Crippen LogP contribution in [0.3, 0.4) is 0 Å². The zero-order valence-electron chi connectivity index (χ0n) is 13.2. The van der Waals surface area contributed by atoms with E-state index >= 15 is 0 Å². The van der Waals surface area contributed by atoms with Crippen LogP contribution in [0, 0.1) is 0 Å². The number of hydrogen-bond acceptors (Lipinski definition) is 2. The van der Waals surface area contributed by atoms with Gasteiger partial charge in [0.15, 0.2) is 0 Å². The second-order valence-electron chi connectivity index (χ2n) is 6.97. The average Bonchev–Trinajstić information content (AvgIpc) is 2.87. The molecule has 0 bridgehead atoms. The fourth-order valence-corrected chi connectivity index (χ4v) is 2.87. The third-order valence-electron chi connectivity index (χ3n) is 4.34. The number of nitrogens with one attached hydrogen (secondary N) is 1. The summed E-state index contributed by atoms with van der Waals surface area (Å²) in [7, 11) is 0. The number of rotatable bonds is 3. The van der Waals surface area contributed by atoms with Crippen LogP contribution in [0.15, 0.2) is 24.3 Å². The Hall–Kier alpha value is -1.06. The van der Waals surface area contributed by atoms with Gasteiger partial charge in [0, 0.05) is 12.1 Å². The van der Waals surface area contributed by atoms with E-state index in [1.807, 2.05) is 24.3 Å². The van der Waals surface area contributed by atoms with Gasteiger partial charge < -0.3 is 11.1 Å². The summed E-state index contributed by atoms with van der Waals surface area (Å²) in [6, 6.07) is 7.90. The maximum absolute atomic E-state index is 12.4. The summed E-state index contributed by atoms with van der Waals surface area (Å²) in [6.45, 7) is 7.04. The first kappa shape index (κ1) is 18.0. The maximum atomic E-state index is 12.4. The van der Waals surface area contributed by atoms with Crippen molar-refractivity contribution in [1.82, 2.24) is 5.32 Å². The SMILES string of the molecule is CC(C)(C)c1ccc(C(=O)NC2(CN)CCCC2)cc1.Cl. The van der Waals surface area contributed by atoms with Crippen molar-refractivity contribution in [2.45, 2.75) is 57.4 Å². The van der Waals surface area contributed by atoms with Crippen molar-refractivity contribution in [3.63, 3.8) is 0 Å². The predicted molar refractivity (Wildman–Crippen MR) is 90.1 cm³/mol. The first-order valence-electron chi connectivity index (χ1n) is 7.49. The van der Waals surface area contributed by atoms with Crippen molar-refractivity contribution in [2.75, 3.05) is 6.54 Å². The molecule has 0 radical (unpaired) electrons. The standard InChI is InChI=1S/C17H26N2O.ClH/c1-16(2,3)14-8-6-13(7-9-14)15(20)19-17(12-18)10-4-5-11-17;/h6-9H,4-5,10-12,18H2,1-3H3,(H,19,20);1H. The first-order valence-corrected chi connectivity index (χ1v) is 7.49. The molecule has 2 rings (SSSR count). The van der Waals surface area contributed by atoms with Crippen LogP contribution < -0.4 is 11.1 Å². The number of amides is 1. The van der Waals surface area contributed by atoms with E-state index in [-0.39, 0.29) is 29.3 Å². The van der Waals surface area contributed by atoms with E-state index in [9.17, 15) is 4.79 Å². The lowest BCUT2D eigenvalue weighted by atomic mass is 9.86. The monoisotopic (exact) mass is 310 g/mol. The van der Waals surface area contributed by atoms with Crippen LogP contribution in [0.2, 0.25) is 0 Å². The molecular weight excluding hydrogens is 284 g/mol. The van der Waals surface area contributed by atoms with Gasteiger partial charge in [0.25, 0.3) is 5.91 Å². The van der Waals surface area contributed by atoms with Crippen LogP contribution >= 0.6 is 12.4 Å². The van der Waals surface area contributed by atoms with E-state index in [0.717, 1.165) is 31.2 Å². The smallest absolute Gasteiger partial charge is 0.251 e. The Balaban J connectivity index is 0.00000220. The second-order valence-corrected chi connectivity index (χ2v) is 6.97. The molecule has 3 nitrogen and oxygen atoms in total. The van der Waals surface area contributed by atoms with Gasteiger partial charge >= 0.3 is 0 Å². The molecule has 1 saturated carbocycles. The van der Waals surface area contributed by atoms with Crippen molar-refractivity contribution in [2.24, 2.45) is 5.73 Å². The van der Waals surface area contributed by atoms with Gasteiger partial charge in [0.1, 0.15) is 0 Å². The van der Waals surface area contributed by atoms with Gasteiger partial charge in [-0.15, -0.1) is 12.4 Å². The molecule has 0 heterocycles. The number of carbonyl (C=O) groups excluding carboxylic acids is 1. The predicted octanol–water partition coefficient (Wildman–Crippen LogP) is 3.41. The van der Waals surface area contributed by atoms with Crippen molar-refractivity contribution in [3.05, 3.63) is 35.4 Å². The molecule has 0 atom stereocenters. The van der Waals surface area contributed by atoms with Crippen molar-refractivity contribution < 1.29 is 4.79 Å².